The number of methoxy groups -OCH3 is 2. The molecule has 0 unspecified atom stereocenters. The average molecular weight is 352 g/mol. The number of aromatic amines is 1. The molecule has 6 nitrogen and oxygen atoms in total. The zero-order valence-electron chi connectivity index (χ0n) is 14.8. The van der Waals surface area contributed by atoms with E-state index in [1.165, 1.54) is 0 Å². The van der Waals surface area contributed by atoms with Gasteiger partial charge in [0.25, 0.3) is 11.7 Å². The molecular weight excluding hydrogens is 332 g/mol. The largest absolute Gasteiger partial charge is 0.493 e. The number of fused-ring (bicyclic) bond motifs is 1. The lowest BCUT2D eigenvalue weighted by Crippen LogP contribution is -2.33. The fourth-order valence-electron chi connectivity index (χ4n) is 2.85. The Morgan fingerprint density at radius 1 is 1.04 bits per heavy atom. The first-order valence-corrected chi connectivity index (χ1v) is 8.18. The van der Waals surface area contributed by atoms with Crippen LogP contribution in [0.1, 0.15) is 28.9 Å². The van der Waals surface area contributed by atoms with Crippen LogP contribution < -0.4 is 14.8 Å². The second kappa shape index (κ2) is 7.31. The summed E-state index contributed by atoms with van der Waals surface area (Å²) < 4.78 is 10.5. The van der Waals surface area contributed by atoms with Crippen molar-refractivity contribution in [3.63, 3.8) is 0 Å². The fraction of sp³-hybridized carbons (Fsp3) is 0.200. The van der Waals surface area contributed by atoms with Crippen molar-refractivity contribution in [3.05, 3.63) is 59.8 Å². The summed E-state index contributed by atoms with van der Waals surface area (Å²) in [6.07, 6.45) is 1.56. The number of ether oxygens (including phenoxy) is 2. The Kier molecular flexibility index (Phi) is 4.93. The Morgan fingerprint density at radius 2 is 1.77 bits per heavy atom. The molecule has 1 heterocycles. The van der Waals surface area contributed by atoms with Gasteiger partial charge in [-0.3, -0.25) is 9.59 Å². The van der Waals surface area contributed by atoms with E-state index in [0.29, 0.717) is 17.1 Å². The highest BCUT2D eigenvalue weighted by atomic mass is 16.5. The van der Waals surface area contributed by atoms with E-state index in [4.69, 9.17) is 9.47 Å². The first-order valence-electron chi connectivity index (χ1n) is 8.18. The Balaban J connectivity index is 1.78. The third kappa shape index (κ3) is 3.26. The molecule has 0 radical (unpaired) electrons. The molecule has 1 atom stereocenters. The highest BCUT2D eigenvalue weighted by Gasteiger charge is 2.22. The van der Waals surface area contributed by atoms with E-state index in [1.54, 1.807) is 32.5 Å². The van der Waals surface area contributed by atoms with Gasteiger partial charge in [-0.25, -0.2) is 0 Å². The molecule has 2 aromatic carbocycles. The summed E-state index contributed by atoms with van der Waals surface area (Å²) in [5.41, 5.74) is 1.98. The lowest BCUT2D eigenvalue weighted by Gasteiger charge is -2.16. The third-order valence-corrected chi connectivity index (χ3v) is 4.30. The second-order valence-corrected chi connectivity index (χ2v) is 5.89. The van der Waals surface area contributed by atoms with E-state index in [0.717, 1.165) is 16.5 Å². The van der Waals surface area contributed by atoms with E-state index in [1.807, 2.05) is 37.3 Å². The van der Waals surface area contributed by atoms with Gasteiger partial charge in [0.05, 0.1) is 25.8 Å². The fourth-order valence-corrected chi connectivity index (χ4v) is 2.85. The molecule has 1 aromatic heterocycles. The number of hydrogen-bond acceptors (Lipinski definition) is 4. The normalized spacial score (nSPS) is 11.8. The van der Waals surface area contributed by atoms with Crippen molar-refractivity contribution in [1.29, 1.82) is 0 Å². The van der Waals surface area contributed by atoms with Crippen molar-refractivity contribution in [1.82, 2.24) is 10.3 Å². The molecule has 6 heteroatoms. The van der Waals surface area contributed by atoms with Crippen LogP contribution in [0, 0.1) is 0 Å². The van der Waals surface area contributed by atoms with Crippen LogP contribution >= 0.6 is 0 Å². The monoisotopic (exact) mass is 352 g/mol. The van der Waals surface area contributed by atoms with Crippen molar-refractivity contribution in [3.8, 4) is 11.5 Å². The number of ketones is 1. The van der Waals surface area contributed by atoms with Gasteiger partial charge in [-0.05, 0) is 30.7 Å². The smallest absolute Gasteiger partial charge is 0.292 e. The van der Waals surface area contributed by atoms with E-state index >= 15 is 0 Å². The number of aromatic nitrogens is 1. The van der Waals surface area contributed by atoms with E-state index in [9.17, 15) is 9.59 Å². The average Bonchev–Trinajstić information content (AvgIpc) is 3.10. The van der Waals surface area contributed by atoms with Crippen LogP contribution in [0.5, 0.6) is 11.5 Å². The standard InChI is InChI=1S/C20H20N2O4/c1-12(13-8-9-17(25-2)18(10-13)26-3)22-20(24)19(23)15-11-21-16-7-5-4-6-14(15)16/h4-12,21H,1-3H3,(H,22,24)/t12-/m1/s1. The van der Waals surface area contributed by atoms with Crippen LogP contribution in [0.25, 0.3) is 10.9 Å². The minimum absolute atomic E-state index is 0.359. The number of hydrogen-bond donors (Lipinski definition) is 2. The number of carbonyl (C=O) groups excluding carboxylic acids is 2. The van der Waals surface area contributed by atoms with Gasteiger partial charge in [0.2, 0.25) is 0 Å². The summed E-state index contributed by atoms with van der Waals surface area (Å²) in [5, 5.41) is 3.47. The van der Waals surface area contributed by atoms with Crippen LogP contribution in [-0.2, 0) is 4.79 Å². The SMILES string of the molecule is COc1ccc([C@@H](C)NC(=O)C(=O)c2c[nH]c3ccccc23)cc1OC. The maximum Gasteiger partial charge on any atom is 0.292 e. The molecule has 0 spiro atoms. The van der Waals surface area contributed by atoms with Gasteiger partial charge in [0.15, 0.2) is 11.5 Å². The number of Topliss-reactive ketones (excluding diaryl/α,β-unsaturated/α-hetero) is 1. The molecule has 0 aliphatic rings. The summed E-state index contributed by atoms with van der Waals surface area (Å²) in [6, 6.07) is 12.4. The van der Waals surface area contributed by atoms with Crippen molar-refractivity contribution in [2.24, 2.45) is 0 Å². The topological polar surface area (TPSA) is 80.4 Å². The van der Waals surface area contributed by atoms with Gasteiger partial charge in [-0.1, -0.05) is 24.3 Å². The lowest BCUT2D eigenvalue weighted by molar-refractivity contribution is -0.117. The molecule has 3 rings (SSSR count). The third-order valence-electron chi connectivity index (χ3n) is 4.30. The number of H-pyrrole nitrogens is 1. The predicted molar refractivity (Wildman–Crippen MR) is 98.7 cm³/mol. The highest BCUT2D eigenvalue weighted by molar-refractivity contribution is 6.45. The number of amides is 1. The maximum atomic E-state index is 12.5. The second-order valence-electron chi connectivity index (χ2n) is 5.89. The predicted octanol–water partition coefficient (Wildman–Crippen LogP) is 3.25. The van der Waals surface area contributed by atoms with Crippen LogP contribution in [0.4, 0.5) is 0 Å². The zero-order valence-corrected chi connectivity index (χ0v) is 14.8. The van der Waals surface area contributed by atoms with Crippen LogP contribution in [0.15, 0.2) is 48.7 Å². The number of benzene rings is 2. The lowest BCUT2D eigenvalue weighted by atomic mass is 10.1. The van der Waals surface area contributed by atoms with E-state index < -0.39 is 11.7 Å². The molecule has 2 N–H and O–H groups in total. The van der Waals surface area contributed by atoms with E-state index in [2.05, 4.69) is 10.3 Å². The molecule has 26 heavy (non-hydrogen) atoms. The molecule has 0 fully saturated rings. The summed E-state index contributed by atoms with van der Waals surface area (Å²) in [6.45, 7) is 1.81. The molecule has 0 bridgehead atoms. The number of carbonyl (C=O) groups is 2. The van der Waals surface area contributed by atoms with Crippen molar-refractivity contribution in [2.75, 3.05) is 14.2 Å². The van der Waals surface area contributed by atoms with Gasteiger partial charge < -0.3 is 19.8 Å². The van der Waals surface area contributed by atoms with Crippen LogP contribution in [-0.4, -0.2) is 30.9 Å². The summed E-state index contributed by atoms with van der Waals surface area (Å²) in [4.78, 5) is 28.0. The maximum absolute atomic E-state index is 12.5. The molecule has 1 amide bonds. The van der Waals surface area contributed by atoms with Crippen LogP contribution in [0.3, 0.4) is 0 Å². The molecule has 3 aromatic rings. The number of para-hydroxylation sites is 1. The van der Waals surface area contributed by atoms with Crippen molar-refractivity contribution in [2.45, 2.75) is 13.0 Å². The molecule has 134 valence electrons. The minimum atomic E-state index is -0.656. The van der Waals surface area contributed by atoms with Gasteiger partial charge in [-0.2, -0.15) is 0 Å². The zero-order chi connectivity index (χ0) is 18.7. The quantitative estimate of drug-likeness (QED) is 0.527. The summed E-state index contributed by atoms with van der Waals surface area (Å²) in [7, 11) is 3.11. The van der Waals surface area contributed by atoms with E-state index in [-0.39, 0.29) is 6.04 Å². The number of rotatable bonds is 6. The Bertz CT molecular complexity index is 961. The Hall–Kier alpha value is -3.28. The van der Waals surface area contributed by atoms with Gasteiger partial charge in [0.1, 0.15) is 0 Å². The molecule has 0 aliphatic heterocycles. The molecular formula is C20H20N2O4. The molecule has 0 aliphatic carbocycles. The van der Waals surface area contributed by atoms with Gasteiger partial charge in [0, 0.05) is 17.1 Å². The van der Waals surface area contributed by atoms with Crippen LogP contribution in [0.2, 0.25) is 0 Å². The minimum Gasteiger partial charge on any atom is -0.493 e. The van der Waals surface area contributed by atoms with Gasteiger partial charge >= 0.3 is 0 Å². The molecule has 0 saturated carbocycles. The molecule has 0 saturated heterocycles. The number of nitrogens with one attached hydrogen (secondary N) is 2. The summed E-state index contributed by atoms with van der Waals surface area (Å²) >= 11 is 0. The van der Waals surface area contributed by atoms with Crippen molar-refractivity contribution < 1.29 is 19.1 Å². The Morgan fingerprint density at radius 3 is 2.50 bits per heavy atom. The van der Waals surface area contributed by atoms with Gasteiger partial charge in [-0.15, -0.1) is 0 Å². The first-order chi connectivity index (χ1) is 12.5. The highest BCUT2D eigenvalue weighted by Crippen LogP contribution is 2.30. The first kappa shape index (κ1) is 17.5. The van der Waals surface area contributed by atoms with Crippen molar-refractivity contribution >= 4 is 22.6 Å². The Labute approximate surface area is 151 Å². The summed E-state index contributed by atoms with van der Waals surface area (Å²) in [5.74, 6) is -0.0643.